The first-order valence-corrected chi connectivity index (χ1v) is 7.57. The van der Waals surface area contributed by atoms with Crippen LogP contribution in [0.25, 0.3) is 22.6 Å². The van der Waals surface area contributed by atoms with Gasteiger partial charge in [-0.2, -0.15) is 5.10 Å². The second kappa shape index (κ2) is 5.75. The molecule has 2 heterocycles. The molecule has 0 aliphatic heterocycles. The molecule has 0 spiro atoms. The first-order valence-electron chi connectivity index (χ1n) is 6.02. The summed E-state index contributed by atoms with van der Waals surface area (Å²) < 4.78 is 2.60. The van der Waals surface area contributed by atoms with E-state index in [9.17, 15) is 0 Å². The van der Waals surface area contributed by atoms with Gasteiger partial charge in [-0.1, -0.05) is 39.1 Å². The van der Waals surface area contributed by atoms with E-state index in [0.717, 1.165) is 15.6 Å². The van der Waals surface area contributed by atoms with Gasteiger partial charge in [-0.3, -0.25) is 4.68 Å². The molecule has 0 bridgehead atoms. The Labute approximate surface area is 139 Å². The molecule has 1 aromatic carbocycles. The Morgan fingerprint density at radius 3 is 2.62 bits per heavy atom. The standard InChI is InChI=1S/C14H9BrCl2N4/c1-21-7-8(6-18-21)12-5-13(17)20-14(19-12)10-3-2-9(15)4-11(10)16/h2-7H,1H3. The zero-order chi connectivity index (χ0) is 15.0. The molecule has 0 saturated heterocycles. The maximum absolute atomic E-state index is 6.25. The molecule has 2 aromatic heterocycles. The molecule has 0 fully saturated rings. The lowest BCUT2D eigenvalue weighted by atomic mass is 10.2. The van der Waals surface area contributed by atoms with Crippen LogP contribution in [0.3, 0.4) is 0 Å². The summed E-state index contributed by atoms with van der Waals surface area (Å²) in [6.45, 7) is 0. The summed E-state index contributed by atoms with van der Waals surface area (Å²) in [4.78, 5) is 8.78. The van der Waals surface area contributed by atoms with Crippen molar-refractivity contribution in [3.63, 3.8) is 0 Å². The molecule has 0 aliphatic rings. The monoisotopic (exact) mass is 382 g/mol. The summed E-state index contributed by atoms with van der Waals surface area (Å²) in [5.74, 6) is 0.485. The topological polar surface area (TPSA) is 43.6 Å². The van der Waals surface area contributed by atoms with Crippen LogP contribution in [0, 0.1) is 0 Å². The minimum Gasteiger partial charge on any atom is -0.275 e. The van der Waals surface area contributed by atoms with Crippen molar-refractivity contribution in [2.45, 2.75) is 0 Å². The van der Waals surface area contributed by atoms with Gasteiger partial charge >= 0.3 is 0 Å². The minimum absolute atomic E-state index is 0.359. The van der Waals surface area contributed by atoms with E-state index in [2.05, 4.69) is 31.0 Å². The molecule has 21 heavy (non-hydrogen) atoms. The van der Waals surface area contributed by atoms with E-state index in [4.69, 9.17) is 23.2 Å². The Balaban J connectivity index is 2.13. The summed E-state index contributed by atoms with van der Waals surface area (Å²) in [7, 11) is 1.85. The molecule has 0 saturated carbocycles. The van der Waals surface area contributed by atoms with Crippen LogP contribution >= 0.6 is 39.1 Å². The predicted octanol–water partition coefficient (Wildman–Crippen LogP) is 4.61. The third-order valence-corrected chi connectivity index (χ3v) is 3.87. The number of hydrogen-bond donors (Lipinski definition) is 0. The number of benzene rings is 1. The molecule has 0 atom stereocenters. The van der Waals surface area contributed by atoms with Crippen molar-refractivity contribution in [3.8, 4) is 22.6 Å². The minimum atomic E-state index is 0.359. The van der Waals surface area contributed by atoms with Crippen LogP contribution < -0.4 is 0 Å². The number of nitrogens with zero attached hydrogens (tertiary/aromatic N) is 4. The SMILES string of the molecule is Cn1cc(-c2cc(Cl)nc(-c3ccc(Br)cc3Cl)n2)cn1. The lowest BCUT2D eigenvalue weighted by molar-refractivity contribution is 0.768. The van der Waals surface area contributed by atoms with Crippen molar-refractivity contribution in [2.24, 2.45) is 7.05 Å². The average Bonchev–Trinajstić information content (AvgIpc) is 2.84. The Kier molecular flexibility index (Phi) is 3.97. The van der Waals surface area contributed by atoms with Gasteiger partial charge in [0.1, 0.15) is 5.15 Å². The fourth-order valence-corrected chi connectivity index (χ4v) is 2.85. The van der Waals surface area contributed by atoms with Gasteiger partial charge in [0.05, 0.1) is 16.9 Å². The smallest absolute Gasteiger partial charge is 0.162 e. The van der Waals surface area contributed by atoms with Gasteiger partial charge in [0.2, 0.25) is 0 Å². The van der Waals surface area contributed by atoms with E-state index in [-0.39, 0.29) is 0 Å². The van der Waals surface area contributed by atoms with Crippen LogP contribution in [0.15, 0.2) is 41.1 Å². The highest BCUT2D eigenvalue weighted by molar-refractivity contribution is 9.10. The average molecular weight is 384 g/mol. The summed E-state index contributed by atoms with van der Waals surface area (Å²) in [5.41, 5.74) is 2.31. The first-order chi connectivity index (χ1) is 10.0. The summed E-state index contributed by atoms with van der Waals surface area (Å²) >= 11 is 15.7. The number of hydrogen-bond acceptors (Lipinski definition) is 3. The van der Waals surface area contributed by atoms with Gasteiger partial charge in [0.15, 0.2) is 5.82 Å². The highest BCUT2D eigenvalue weighted by Gasteiger charge is 2.12. The van der Waals surface area contributed by atoms with Crippen LogP contribution in [-0.4, -0.2) is 19.7 Å². The summed E-state index contributed by atoms with van der Waals surface area (Å²) in [6.07, 6.45) is 3.59. The molecular formula is C14H9BrCl2N4. The molecule has 3 rings (SSSR count). The number of aryl methyl sites for hydroxylation is 1. The summed E-state index contributed by atoms with van der Waals surface area (Å²) in [6, 6.07) is 7.24. The molecule has 7 heteroatoms. The zero-order valence-electron chi connectivity index (χ0n) is 10.9. The van der Waals surface area contributed by atoms with E-state index < -0.39 is 0 Å². The largest absolute Gasteiger partial charge is 0.275 e. The Hall–Kier alpha value is -1.43. The Bertz CT molecular complexity index is 816. The quantitative estimate of drug-likeness (QED) is 0.606. The van der Waals surface area contributed by atoms with Crippen LogP contribution in [-0.2, 0) is 7.05 Å². The molecule has 0 unspecified atom stereocenters. The van der Waals surface area contributed by atoms with Gasteiger partial charge in [-0.25, -0.2) is 9.97 Å². The van der Waals surface area contributed by atoms with Crippen LogP contribution in [0.5, 0.6) is 0 Å². The third kappa shape index (κ3) is 3.10. The van der Waals surface area contributed by atoms with Gasteiger partial charge in [-0.05, 0) is 18.2 Å². The Morgan fingerprint density at radius 2 is 1.95 bits per heavy atom. The highest BCUT2D eigenvalue weighted by Crippen LogP contribution is 2.30. The van der Waals surface area contributed by atoms with Crippen LogP contribution in [0.2, 0.25) is 10.2 Å². The zero-order valence-corrected chi connectivity index (χ0v) is 14.0. The van der Waals surface area contributed by atoms with Crippen LogP contribution in [0.4, 0.5) is 0 Å². The van der Waals surface area contributed by atoms with Crippen molar-refractivity contribution in [1.82, 2.24) is 19.7 Å². The molecule has 0 radical (unpaired) electrons. The molecule has 106 valence electrons. The normalized spacial score (nSPS) is 10.9. The van der Waals surface area contributed by atoms with Gasteiger partial charge in [0, 0.05) is 34.9 Å². The van der Waals surface area contributed by atoms with Crippen molar-refractivity contribution in [1.29, 1.82) is 0 Å². The van der Waals surface area contributed by atoms with Gasteiger partial charge in [-0.15, -0.1) is 0 Å². The van der Waals surface area contributed by atoms with E-state index in [0.29, 0.717) is 21.7 Å². The number of halogens is 3. The number of aromatic nitrogens is 4. The lowest BCUT2D eigenvalue weighted by Gasteiger charge is -2.06. The maximum Gasteiger partial charge on any atom is 0.162 e. The fraction of sp³-hybridized carbons (Fsp3) is 0.0714. The number of rotatable bonds is 2. The van der Waals surface area contributed by atoms with Crippen molar-refractivity contribution < 1.29 is 0 Å². The summed E-state index contributed by atoms with van der Waals surface area (Å²) in [5, 5.41) is 5.05. The van der Waals surface area contributed by atoms with E-state index >= 15 is 0 Å². The fourth-order valence-electron chi connectivity index (χ4n) is 1.91. The molecule has 0 aliphatic carbocycles. The third-order valence-electron chi connectivity index (χ3n) is 2.87. The van der Waals surface area contributed by atoms with Crippen LogP contribution in [0.1, 0.15) is 0 Å². The molecular weight excluding hydrogens is 375 g/mol. The van der Waals surface area contributed by atoms with Crippen molar-refractivity contribution in [3.05, 3.63) is 51.3 Å². The molecule has 4 nitrogen and oxygen atoms in total. The molecule has 0 amide bonds. The molecule has 3 aromatic rings. The lowest BCUT2D eigenvalue weighted by Crippen LogP contribution is -1.93. The predicted molar refractivity (Wildman–Crippen MR) is 87.4 cm³/mol. The Morgan fingerprint density at radius 1 is 1.14 bits per heavy atom. The first kappa shape index (κ1) is 14.5. The highest BCUT2D eigenvalue weighted by atomic mass is 79.9. The second-order valence-corrected chi connectivity index (χ2v) is 6.14. The van der Waals surface area contributed by atoms with Gasteiger partial charge in [0.25, 0.3) is 0 Å². The second-order valence-electron chi connectivity index (χ2n) is 4.43. The maximum atomic E-state index is 6.25. The van der Waals surface area contributed by atoms with Gasteiger partial charge < -0.3 is 0 Å². The van der Waals surface area contributed by atoms with E-state index in [1.54, 1.807) is 23.0 Å². The van der Waals surface area contributed by atoms with E-state index in [1.165, 1.54) is 0 Å². The molecule has 0 N–H and O–H groups in total. The van der Waals surface area contributed by atoms with Crippen molar-refractivity contribution in [2.75, 3.05) is 0 Å². The van der Waals surface area contributed by atoms with E-state index in [1.807, 2.05) is 25.4 Å². The van der Waals surface area contributed by atoms with Crippen molar-refractivity contribution >= 4 is 39.1 Å².